The maximum atomic E-state index is 12.1. The van der Waals surface area contributed by atoms with Gasteiger partial charge in [-0.05, 0) is 36.8 Å². The molecule has 1 saturated carbocycles. The lowest BCUT2D eigenvalue weighted by atomic mass is 10.1. The first-order chi connectivity index (χ1) is 8.94. The largest absolute Gasteiger partial charge is 0.370 e. The summed E-state index contributed by atoms with van der Waals surface area (Å²) in [6.45, 7) is 7.84. The van der Waals surface area contributed by atoms with Crippen LogP contribution in [0, 0.1) is 11.3 Å². The molecule has 2 N–H and O–H groups in total. The van der Waals surface area contributed by atoms with E-state index in [1.807, 2.05) is 6.92 Å². The zero-order valence-corrected chi connectivity index (χ0v) is 12.3. The van der Waals surface area contributed by atoms with Crippen LogP contribution in [0.5, 0.6) is 0 Å². The number of amides is 1. The number of hydrogen-bond acceptors (Lipinski definition) is 3. The van der Waals surface area contributed by atoms with E-state index in [0.717, 1.165) is 13.0 Å². The third-order valence-corrected chi connectivity index (χ3v) is 3.95. The van der Waals surface area contributed by atoms with Crippen molar-refractivity contribution < 1.29 is 4.79 Å². The lowest BCUT2D eigenvalue weighted by Gasteiger charge is -2.09. The molecule has 0 radical (unpaired) electrons. The molecular weight excluding hydrogens is 262 g/mol. The van der Waals surface area contributed by atoms with Gasteiger partial charge in [0.2, 0.25) is 0 Å². The van der Waals surface area contributed by atoms with Gasteiger partial charge in [-0.1, -0.05) is 25.4 Å². The minimum atomic E-state index is -0.201. The zero-order valence-electron chi connectivity index (χ0n) is 11.6. The highest BCUT2D eigenvalue weighted by atomic mass is 35.5. The Bertz CT molecular complexity index is 488. The fraction of sp³-hybridized carbons (Fsp3) is 0.571. The number of carbonyl (C=O) groups is 1. The average molecular weight is 282 g/mol. The van der Waals surface area contributed by atoms with Crippen molar-refractivity contribution in [3.8, 4) is 0 Å². The van der Waals surface area contributed by atoms with Gasteiger partial charge in [-0.3, -0.25) is 4.79 Å². The summed E-state index contributed by atoms with van der Waals surface area (Å²) in [5.74, 6) is 1.03. The van der Waals surface area contributed by atoms with Crippen LogP contribution in [0.25, 0.3) is 0 Å². The summed E-state index contributed by atoms with van der Waals surface area (Å²) in [5, 5.41) is 6.37. The van der Waals surface area contributed by atoms with Crippen LogP contribution in [-0.4, -0.2) is 24.0 Å². The Kier molecular flexibility index (Phi) is 3.99. The lowest BCUT2D eigenvalue weighted by molar-refractivity contribution is 0.0946. The van der Waals surface area contributed by atoms with Crippen LogP contribution in [0.15, 0.2) is 12.1 Å². The molecule has 2 rings (SSSR count). The molecule has 1 fully saturated rings. The zero-order chi connectivity index (χ0) is 14.0. The van der Waals surface area contributed by atoms with Gasteiger partial charge < -0.3 is 10.6 Å². The smallest absolute Gasteiger partial charge is 0.271 e. The van der Waals surface area contributed by atoms with E-state index >= 15 is 0 Å². The third kappa shape index (κ3) is 3.38. The van der Waals surface area contributed by atoms with Gasteiger partial charge in [0.25, 0.3) is 5.91 Å². The van der Waals surface area contributed by atoms with Crippen LogP contribution < -0.4 is 10.6 Å². The molecule has 1 heterocycles. The van der Waals surface area contributed by atoms with E-state index in [2.05, 4.69) is 29.5 Å². The molecule has 5 heteroatoms. The number of nitrogens with zero attached hydrogens (tertiary/aromatic N) is 1. The molecule has 1 atom stereocenters. The maximum absolute atomic E-state index is 12.1. The Morgan fingerprint density at radius 1 is 1.53 bits per heavy atom. The molecule has 19 heavy (non-hydrogen) atoms. The molecule has 1 aliphatic carbocycles. The Morgan fingerprint density at radius 2 is 2.21 bits per heavy atom. The van der Waals surface area contributed by atoms with Crippen LogP contribution in [0.3, 0.4) is 0 Å². The van der Waals surface area contributed by atoms with Crippen molar-refractivity contribution in [1.29, 1.82) is 0 Å². The van der Waals surface area contributed by atoms with Crippen LogP contribution in [0.1, 0.15) is 37.7 Å². The van der Waals surface area contributed by atoms with Gasteiger partial charge in [-0.2, -0.15) is 0 Å². The Morgan fingerprint density at radius 3 is 2.79 bits per heavy atom. The minimum absolute atomic E-state index is 0.201. The SMILES string of the molecule is CCNc1ccc(Cl)c(C(=O)NCC2CC2(C)C)n1. The number of rotatable bonds is 5. The van der Waals surface area contributed by atoms with Crippen LogP contribution in [-0.2, 0) is 0 Å². The number of aromatic nitrogens is 1. The van der Waals surface area contributed by atoms with Crippen LogP contribution in [0.2, 0.25) is 5.02 Å². The number of carbonyl (C=O) groups excluding carboxylic acids is 1. The summed E-state index contributed by atoms with van der Waals surface area (Å²) in [6, 6.07) is 3.47. The quantitative estimate of drug-likeness (QED) is 0.872. The van der Waals surface area contributed by atoms with E-state index in [1.165, 1.54) is 0 Å². The molecule has 1 aliphatic rings. The molecule has 1 aromatic heterocycles. The highest BCUT2D eigenvalue weighted by Crippen LogP contribution is 2.50. The number of pyridine rings is 1. The predicted molar refractivity (Wildman–Crippen MR) is 77.6 cm³/mol. The Hall–Kier alpha value is -1.29. The van der Waals surface area contributed by atoms with Gasteiger partial charge in [0.05, 0.1) is 5.02 Å². The summed E-state index contributed by atoms with van der Waals surface area (Å²) in [6.07, 6.45) is 1.16. The number of halogens is 1. The standard InChI is InChI=1S/C14H20ClN3O/c1-4-16-11-6-5-10(15)12(18-11)13(19)17-8-9-7-14(9,2)3/h5-6,9H,4,7-8H2,1-3H3,(H,16,18)(H,17,19). The molecule has 0 aromatic carbocycles. The average Bonchev–Trinajstić information content (AvgIpc) is 2.97. The fourth-order valence-corrected chi connectivity index (χ4v) is 2.30. The normalized spacial score (nSPS) is 19.9. The number of hydrogen-bond donors (Lipinski definition) is 2. The van der Waals surface area contributed by atoms with Gasteiger partial charge in [-0.25, -0.2) is 4.98 Å². The van der Waals surface area contributed by atoms with E-state index in [1.54, 1.807) is 12.1 Å². The highest BCUT2D eigenvalue weighted by molar-refractivity contribution is 6.33. The predicted octanol–water partition coefficient (Wildman–Crippen LogP) is 2.94. The van der Waals surface area contributed by atoms with Crippen molar-refractivity contribution in [2.75, 3.05) is 18.4 Å². The summed E-state index contributed by atoms with van der Waals surface area (Å²) in [5.41, 5.74) is 0.648. The van der Waals surface area contributed by atoms with E-state index in [4.69, 9.17) is 11.6 Å². The second kappa shape index (κ2) is 5.37. The fourth-order valence-electron chi connectivity index (χ4n) is 2.11. The van der Waals surface area contributed by atoms with Gasteiger partial charge in [0.1, 0.15) is 11.5 Å². The molecule has 1 unspecified atom stereocenters. The van der Waals surface area contributed by atoms with E-state index < -0.39 is 0 Å². The van der Waals surface area contributed by atoms with E-state index in [-0.39, 0.29) is 5.91 Å². The summed E-state index contributed by atoms with van der Waals surface area (Å²) in [4.78, 5) is 16.3. The molecule has 104 valence electrons. The van der Waals surface area contributed by atoms with Crippen molar-refractivity contribution in [3.63, 3.8) is 0 Å². The van der Waals surface area contributed by atoms with Gasteiger partial charge in [0.15, 0.2) is 0 Å². The first-order valence-electron chi connectivity index (χ1n) is 6.62. The van der Waals surface area contributed by atoms with E-state index in [9.17, 15) is 4.79 Å². The van der Waals surface area contributed by atoms with Crippen molar-refractivity contribution in [3.05, 3.63) is 22.8 Å². The van der Waals surface area contributed by atoms with Gasteiger partial charge >= 0.3 is 0 Å². The molecule has 4 nitrogen and oxygen atoms in total. The molecule has 1 aromatic rings. The van der Waals surface area contributed by atoms with E-state index in [0.29, 0.717) is 34.4 Å². The second-order valence-corrected chi connectivity index (χ2v) is 6.06. The molecule has 0 aliphatic heterocycles. The minimum Gasteiger partial charge on any atom is -0.370 e. The first kappa shape index (κ1) is 14.1. The molecule has 0 spiro atoms. The first-order valence-corrected chi connectivity index (χ1v) is 7.00. The monoisotopic (exact) mass is 281 g/mol. The maximum Gasteiger partial charge on any atom is 0.271 e. The number of anilines is 1. The Balaban J connectivity index is 1.99. The lowest BCUT2D eigenvalue weighted by Crippen LogP contribution is -2.27. The third-order valence-electron chi connectivity index (χ3n) is 3.65. The van der Waals surface area contributed by atoms with Crippen molar-refractivity contribution in [2.24, 2.45) is 11.3 Å². The summed E-state index contributed by atoms with van der Waals surface area (Å²) >= 11 is 6.03. The van der Waals surface area contributed by atoms with Gasteiger partial charge in [0, 0.05) is 13.1 Å². The van der Waals surface area contributed by atoms with Crippen molar-refractivity contribution in [2.45, 2.75) is 27.2 Å². The molecule has 1 amide bonds. The number of nitrogens with one attached hydrogen (secondary N) is 2. The topological polar surface area (TPSA) is 54.0 Å². The van der Waals surface area contributed by atoms with Crippen molar-refractivity contribution >= 4 is 23.3 Å². The van der Waals surface area contributed by atoms with Crippen LogP contribution in [0.4, 0.5) is 5.82 Å². The Labute approximate surface area is 118 Å². The highest BCUT2D eigenvalue weighted by Gasteiger charge is 2.45. The molecule has 0 bridgehead atoms. The molecular formula is C14H20ClN3O. The van der Waals surface area contributed by atoms with Crippen LogP contribution >= 0.6 is 11.6 Å². The van der Waals surface area contributed by atoms with Crippen molar-refractivity contribution in [1.82, 2.24) is 10.3 Å². The summed E-state index contributed by atoms with van der Waals surface area (Å²) < 4.78 is 0. The second-order valence-electron chi connectivity index (χ2n) is 5.66. The summed E-state index contributed by atoms with van der Waals surface area (Å²) in [7, 11) is 0. The van der Waals surface area contributed by atoms with Gasteiger partial charge in [-0.15, -0.1) is 0 Å². The molecule has 0 saturated heterocycles.